The minimum absolute atomic E-state index is 0.744. The van der Waals surface area contributed by atoms with Gasteiger partial charge < -0.3 is 14.6 Å². The smallest absolute Gasteiger partial charge is 0.410 e. The highest BCUT2D eigenvalue weighted by molar-refractivity contribution is 5.80. The fourth-order valence-electron chi connectivity index (χ4n) is 1.14. The van der Waals surface area contributed by atoms with Crippen molar-refractivity contribution in [1.29, 1.82) is 0 Å². The summed E-state index contributed by atoms with van der Waals surface area (Å²) < 4.78 is 9.31. The van der Waals surface area contributed by atoms with E-state index < -0.39 is 24.2 Å². The van der Waals surface area contributed by atoms with E-state index in [4.69, 9.17) is 9.84 Å². The van der Waals surface area contributed by atoms with Crippen LogP contribution in [0.2, 0.25) is 0 Å². The van der Waals surface area contributed by atoms with Gasteiger partial charge in [0.1, 0.15) is 6.10 Å². The highest BCUT2D eigenvalue weighted by Crippen LogP contribution is 2.09. The molecule has 0 aliphatic rings. The molecule has 6 nitrogen and oxygen atoms in total. The molecule has 0 bridgehead atoms. The van der Waals surface area contributed by atoms with Crippen molar-refractivity contribution in [2.75, 3.05) is 21.3 Å². The summed E-state index contributed by atoms with van der Waals surface area (Å²) in [6.45, 7) is 3.44. The van der Waals surface area contributed by atoms with Gasteiger partial charge in [-0.15, -0.1) is 6.58 Å². The molecule has 1 N–H and O–H groups in total. The molecule has 2 unspecified atom stereocenters. The van der Waals surface area contributed by atoms with Crippen LogP contribution in [-0.4, -0.2) is 55.5 Å². The Hall–Kier alpha value is -1.56. The first kappa shape index (κ1) is 13.4. The molecule has 0 aliphatic heterocycles. The predicted molar refractivity (Wildman–Crippen MR) is 52.6 cm³/mol. The lowest BCUT2D eigenvalue weighted by Gasteiger charge is -2.27. The van der Waals surface area contributed by atoms with Crippen LogP contribution in [0.1, 0.15) is 0 Å². The second-order valence-corrected chi connectivity index (χ2v) is 2.80. The van der Waals surface area contributed by atoms with Gasteiger partial charge in [0, 0.05) is 14.2 Å². The van der Waals surface area contributed by atoms with E-state index in [1.165, 1.54) is 27.3 Å². The highest BCUT2D eigenvalue weighted by Gasteiger charge is 2.33. The quantitative estimate of drug-likeness (QED) is 0.672. The average molecular weight is 217 g/mol. The minimum Gasteiger partial charge on any atom is -0.480 e. The van der Waals surface area contributed by atoms with Crippen LogP contribution in [0.5, 0.6) is 0 Å². The number of hydrogen-bond acceptors (Lipinski definition) is 4. The van der Waals surface area contributed by atoms with Gasteiger partial charge in [0.15, 0.2) is 6.04 Å². The first-order chi connectivity index (χ1) is 6.99. The molecule has 0 spiro atoms. The predicted octanol–water partition coefficient (Wildman–Crippen LogP) is 0.339. The number of rotatable bonds is 5. The molecule has 0 fully saturated rings. The number of carboxylic acid groups (broad SMARTS) is 1. The number of aliphatic carboxylic acids is 1. The van der Waals surface area contributed by atoms with E-state index in [0.717, 1.165) is 4.90 Å². The zero-order chi connectivity index (χ0) is 12.0. The number of ether oxygens (including phenoxy) is 2. The molecular formula is C9H15NO5. The molecule has 0 aromatic carbocycles. The van der Waals surface area contributed by atoms with Gasteiger partial charge in [0.2, 0.25) is 0 Å². The van der Waals surface area contributed by atoms with E-state index in [1.54, 1.807) is 0 Å². The third kappa shape index (κ3) is 3.25. The van der Waals surface area contributed by atoms with Crippen molar-refractivity contribution in [3.8, 4) is 0 Å². The Balaban J connectivity index is 4.87. The van der Waals surface area contributed by atoms with Gasteiger partial charge >= 0.3 is 12.1 Å². The Bertz CT molecular complexity index is 253. The zero-order valence-electron chi connectivity index (χ0n) is 8.97. The number of carboxylic acids is 1. The van der Waals surface area contributed by atoms with Crippen LogP contribution in [0.4, 0.5) is 4.79 Å². The van der Waals surface area contributed by atoms with Crippen LogP contribution in [0.15, 0.2) is 12.7 Å². The van der Waals surface area contributed by atoms with E-state index in [0.29, 0.717) is 0 Å². The number of carbonyl (C=O) groups is 2. The lowest BCUT2D eigenvalue weighted by atomic mass is 10.1. The van der Waals surface area contributed by atoms with Crippen molar-refractivity contribution in [3.05, 3.63) is 12.7 Å². The zero-order valence-corrected chi connectivity index (χ0v) is 8.97. The maximum absolute atomic E-state index is 11.1. The maximum atomic E-state index is 11.1. The van der Waals surface area contributed by atoms with E-state index in [2.05, 4.69) is 11.3 Å². The number of amides is 1. The van der Waals surface area contributed by atoms with E-state index in [-0.39, 0.29) is 0 Å². The van der Waals surface area contributed by atoms with Crippen LogP contribution < -0.4 is 0 Å². The van der Waals surface area contributed by atoms with Crippen LogP contribution in [-0.2, 0) is 14.3 Å². The normalized spacial score (nSPS) is 13.8. The van der Waals surface area contributed by atoms with Crippen LogP contribution in [0, 0.1) is 0 Å². The molecule has 0 saturated carbocycles. The largest absolute Gasteiger partial charge is 0.480 e. The third-order valence-corrected chi connectivity index (χ3v) is 1.95. The molecule has 86 valence electrons. The number of methoxy groups -OCH3 is 2. The molecule has 6 heteroatoms. The summed E-state index contributed by atoms with van der Waals surface area (Å²) >= 11 is 0. The number of carbonyl (C=O) groups excluding carboxylic acids is 1. The third-order valence-electron chi connectivity index (χ3n) is 1.95. The van der Waals surface area contributed by atoms with Crippen LogP contribution in [0.25, 0.3) is 0 Å². The van der Waals surface area contributed by atoms with Crippen molar-refractivity contribution < 1.29 is 24.2 Å². The molecule has 0 aromatic heterocycles. The molecule has 0 aromatic rings. The second-order valence-electron chi connectivity index (χ2n) is 2.80. The lowest BCUT2D eigenvalue weighted by Crippen LogP contribution is -2.49. The molecular weight excluding hydrogens is 202 g/mol. The van der Waals surface area contributed by atoms with Crippen molar-refractivity contribution in [2.45, 2.75) is 12.1 Å². The first-order valence-electron chi connectivity index (χ1n) is 4.18. The Morgan fingerprint density at radius 2 is 2.00 bits per heavy atom. The molecule has 0 saturated heterocycles. The topological polar surface area (TPSA) is 76.1 Å². The fraction of sp³-hybridized carbons (Fsp3) is 0.556. The summed E-state index contributed by atoms with van der Waals surface area (Å²) in [7, 11) is 3.83. The summed E-state index contributed by atoms with van der Waals surface area (Å²) in [5.41, 5.74) is 0. The lowest BCUT2D eigenvalue weighted by molar-refractivity contribution is -0.145. The molecule has 1 amide bonds. The minimum atomic E-state index is -1.19. The summed E-state index contributed by atoms with van der Waals surface area (Å²) in [6, 6.07) is -1.15. The summed E-state index contributed by atoms with van der Waals surface area (Å²) in [6.07, 6.45) is -0.212. The van der Waals surface area contributed by atoms with Gasteiger partial charge in [-0.3, -0.25) is 4.90 Å². The standard InChI is InChI=1S/C9H15NO5/c1-5-6(14-3)7(8(11)12)10(2)9(13)15-4/h5-7H,1H2,2-4H3,(H,11,12). The molecule has 15 heavy (non-hydrogen) atoms. The highest BCUT2D eigenvalue weighted by atomic mass is 16.5. The van der Waals surface area contributed by atoms with Gasteiger partial charge in [0.05, 0.1) is 7.11 Å². The molecule has 0 radical (unpaired) electrons. The Morgan fingerprint density at radius 1 is 1.47 bits per heavy atom. The number of nitrogens with zero attached hydrogens (tertiary/aromatic N) is 1. The van der Waals surface area contributed by atoms with Crippen LogP contribution >= 0.6 is 0 Å². The van der Waals surface area contributed by atoms with Crippen molar-refractivity contribution in [3.63, 3.8) is 0 Å². The number of hydrogen-bond donors (Lipinski definition) is 1. The van der Waals surface area contributed by atoms with Crippen molar-refractivity contribution >= 4 is 12.1 Å². The van der Waals surface area contributed by atoms with Gasteiger partial charge in [-0.25, -0.2) is 9.59 Å². The first-order valence-corrected chi connectivity index (χ1v) is 4.18. The van der Waals surface area contributed by atoms with Gasteiger partial charge in [0.25, 0.3) is 0 Å². The van der Waals surface area contributed by atoms with Crippen molar-refractivity contribution in [2.24, 2.45) is 0 Å². The summed E-state index contributed by atoms with van der Waals surface area (Å²) in [5.74, 6) is -1.19. The Morgan fingerprint density at radius 3 is 2.27 bits per heavy atom. The van der Waals surface area contributed by atoms with Gasteiger partial charge in [-0.2, -0.15) is 0 Å². The second kappa shape index (κ2) is 6.02. The average Bonchev–Trinajstić information content (AvgIpc) is 2.22. The van der Waals surface area contributed by atoms with E-state index in [9.17, 15) is 9.59 Å². The fourth-order valence-corrected chi connectivity index (χ4v) is 1.14. The van der Waals surface area contributed by atoms with E-state index in [1.807, 2.05) is 0 Å². The monoisotopic (exact) mass is 217 g/mol. The Labute approximate surface area is 88.1 Å². The molecule has 0 heterocycles. The summed E-state index contributed by atoms with van der Waals surface area (Å²) in [5, 5.41) is 8.94. The molecule has 0 rings (SSSR count). The van der Waals surface area contributed by atoms with Gasteiger partial charge in [-0.1, -0.05) is 6.08 Å². The SMILES string of the molecule is C=CC(OC)C(C(=O)O)N(C)C(=O)OC. The molecule has 0 aliphatic carbocycles. The van der Waals surface area contributed by atoms with E-state index >= 15 is 0 Å². The molecule has 2 atom stereocenters. The van der Waals surface area contributed by atoms with Crippen molar-refractivity contribution in [1.82, 2.24) is 4.90 Å². The maximum Gasteiger partial charge on any atom is 0.410 e. The number of likely N-dealkylation sites (N-methyl/N-ethyl adjacent to an activating group) is 1. The van der Waals surface area contributed by atoms with Crippen LogP contribution in [0.3, 0.4) is 0 Å². The van der Waals surface area contributed by atoms with Gasteiger partial charge in [-0.05, 0) is 0 Å². The Kier molecular flexibility index (Phi) is 5.40. The summed E-state index contributed by atoms with van der Waals surface area (Å²) in [4.78, 5) is 23.0.